The van der Waals surface area contributed by atoms with Crippen molar-refractivity contribution in [1.29, 1.82) is 0 Å². The smallest absolute Gasteiger partial charge is 0.412 e. The maximum atomic E-state index is 13.4. The van der Waals surface area contributed by atoms with Gasteiger partial charge >= 0.3 is 6.09 Å². The van der Waals surface area contributed by atoms with E-state index in [1.807, 2.05) is 0 Å². The quantitative estimate of drug-likeness (QED) is 0.745. The fraction of sp³-hybridized carbons (Fsp3) is 0.417. The monoisotopic (exact) mass is 254 g/mol. The lowest BCUT2D eigenvalue weighted by molar-refractivity contribution is -0.0129. The maximum absolute atomic E-state index is 13.4. The van der Waals surface area contributed by atoms with Crippen LogP contribution in [0.25, 0.3) is 0 Å². The Morgan fingerprint density at radius 3 is 2.56 bits per heavy atom. The summed E-state index contributed by atoms with van der Waals surface area (Å²) in [5, 5.41) is 5.56. The lowest BCUT2D eigenvalue weighted by Gasteiger charge is -2.41. The van der Waals surface area contributed by atoms with Crippen LogP contribution in [0.3, 0.4) is 0 Å². The number of anilines is 1. The molecule has 0 unspecified atom stereocenters. The predicted octanol–water partition coefficient (Wildman–Crippen LogP) is 2.11. The molecule has 1 aromatic rings. The van der Waals surface area contributed by atoms with Gasteiger partial charge in [-0.05, 0) is 19.2 Å². The summed E-state index contributed by atoms with van der Waals surface area (Å²) < 4.78 is 31.9. The highest BCUT2D eigenvalue weighted by Gasteiger charge is 2.43. The minimum absolute atomic E-state index is 0.298. The van der Waals surface area contributed by atoms with Crippen LogP contribution in [0.5, 0.6) is 0 Å². The highest BCUT2D eigenvalue weighted by Crippen LogP contribution is 2.42. The summed E-state index contributed by atoms with van der Waals surface area (Å²) in [6.45, 7) is 1.34. The third-order valence-electron chi connectivity index (χ3n) is 3.49. The number of hydrogen-bond donors (Lipinski definition) is 2. The molecule has 0 aromatic heterocycles. The normalized spacial score (nSPS) is 21.1. The number of amides is 1. The zero-order valence-corrected chi connectivity index (χ0v) is 9.56. The van der Waals surface area contributed by atoms with Crippen LogP contribution in [0.15, 0.2) is 12.1 Å². The summed E-state index contributed by atoms with van der Waals surface area (Å²) in [6.07, 6.45) is 0.493. The minimum atomic E-state index is -0.972. The molecule has 0 saturated carbocycles. The topological polar surface area (TPSA) is 50.4 Å². The minimum Gasteiger partial charge on any atom is -0.438 e. The zero-order valence-electron chi connectivity index (χ0n) is 9.56. The molecule has 0 radical (unpaired) electrons. The Kier molecular flexibility index (Phi) is 2.48. The Morgan fingerprint density at radius 1 is 1.17 bits per heavy atom. The van der Waals surface area contributed by atoms with Gasteiger partial charge < -0.3 is 10.1 Å². The summed E-state index contributed by atoms with van der Waals surface area (Å²) in [5.74, 6) is -1.90. The Labute approximate surface area is 102 Å². The van der Waals surface area contributed by atoms with Gasteiger partial charge in [-0.3, -0.25) is 5.32 Å². The molecule has 1 spiro atoms. The van der Waals surface area contributed by atoms with Crippen LogP contribution >= 0.6 is 0 Å². The molecule has 1 amide bonds. The van der Waals surface area contributed by atoms with Gasteiger partial charge in [0.1, 0.15) is 5.60 Å². The number of ether oxygens (including phenoxy) is 1. The van der Waals surface area contributed by atoms with Crippen molar-refractivity contribution in [3.05, 3.63) is 29.3 Å². The van der Waals surface area contributed by atoms with Crippen LogP contribution < -0.4 is 10.6 Å². The summed E-state index contributed by atoms with van der Waals surface area (Å²) in [6, 6.07) is 2.13. The summed E-state index contributed by atoms with van der Waals surface area (Å²) >= 11 is 0. The van der Waals surface area contributed by atoms with E-state index in [-0.39, 0.29) is 0 Å². The number of carbonyl (C=O) groups excluding carboxylic acids is 1. The first-order valence-electron chi connectivity index (χ1n) is 5.81. The van der Waals surface area contributed by atoms with Gasteiger partial charge in [-0.15, -0.1) is 0 Å². The summed E-state index contributed by atoms with van der Waals surface area (Å²) in [5.41, 5.74) is -0.0215. The summed E-state index contributed by atoms with van der Waals surface area (Å²) in [7, 11) is 0. The lowest BCUT2D eigenvalue weighted by atomic mass is 9.83. The van der Waals surface area contributed by atoms with Crippen LogP contribution in [0.4, 0.5) is 19.3 Å². The Balaban J connectivity index is 2.14. The van der Waals surface area contributed by atoms with E-state index in [9.17, 15) is 13.6 Å². The largest absolute Gasteiger partial charge is 0.438 e. The third kappa shape index (κ3) is 1.64. The molecule has 0 atom stereocenters. The molecule has 3 rings (SSSR count). The van der Waals surface area contributed by atoms with E-state index in [0.717, 1.165) is 12.1 Å². The van der Waals surface area contributed by atoms with E-state index in [2.05, 4.69) is 10.6 Å². The first-order valence-corrected chi connectivity index (χ1v) is 5.81. The molecule has 6 heteroatoms. The van der Waals surface area contributed by atoms with Crippen LogP contribution in [0.1, 0.15) is 18.4 Å². The molecule has 4 nitrogen and oxygen atoms in total. The number of carbonyl (C=O) groups is 1. The Bertz CT molecular complexity index is 513. The van der Waals surface area contributed by atoms with Gasteiger partial charge in [-0.2, -0.15) is 0 Å². The van der Waals surface area contributed by atoms with Gasteiger partial charge in [0.2, 0.25) is 0 Å². The average molecular weight is 254 g/mol. The fourth-order valence-corrected chi connectivity index (χ4v) is 2.60. The van der Waals surface area contributed by atoms with Crippen LogP contribution in [0, 0.1) is 11.6 Å². The molecule has 2 N–H and O–H groups in total. The van der Waals surface area contributed by atoms with Crippen LogP contribution in [-0.2, 0) is 10.3 Å². The van der Waals surface area contributed by atoms with Gasteiger partial charge in [0, 0.05) is 24.5 Å². The fourth-order valence-electron chi connectivity index (χ4n) is 2.60. The number of hydrogen-bond acceptors (Lipinski definition) is 3. The second-order valence-electron chi connectivity index (χ2n) is 4.57. The molecule has 0 aliphatic carbocycles. The first-order chi connectivity index (χ1) is 8.61. The number of fused-ring (bicyclic) bond motifs is 2. The Morgan fingerprint density at radius 2 is 1.83 bits per heavy atom. The number of benzene rings is 1. The highest BCUT2D eigenvalue weighted by molar-refractivity contribution is 5.88. The van der Waals surface area contributed by atoms with E-state index in [4.69, 9.17) is 4.74 Å². The van der Waals surface area contributed by atoms with Crippen molar-refractivity contribution in [3.63, 3.8) is 0 Å². The number of nitrogens with one attached hydrogen (secondary N) is 2. The number of piperidine rings is 1. The second kappa shape index (κ2) is 3.91. The van der Waals surface area contributed by atoms with E-state index in [1.54, 1.807) is 0 Å². The second-order valence-corrected chi connectivity index (χ2v) is 4.57. The molecule has 18 heavy (non-hydrogen) atoms. The SMILES string of the molecule is O=C1Nc2cc(F)c(F)cc2C2(CCNCC2)O1. The molecule has 2 aliphatic rings. The molecular formula is C12H12F2N2O2. The van der Waals surface area contributed by atoms with E-state index < -0.39 is 23.3 Å². The zero-order chi connectivity index (χ0) is 12.8. The molecular weight excluding hydrogens is 242 g/mol. The van der Waals surface area contributed by atoms with Crippen LogP contribution in [0.2, 0.25) is 0 Å². The highest BCUT2D eigenvalue weighted by atomic mass is 19.2. The standard InChI is InChI=1S/C12H12F2N2O2/c13-8-5-7-10(6-9(8)14)16-11(17)18-12(7)1-3-15-4-2-12/h5-6,15H,1-4H2,(H,16,17). The maximum Gasteiger partial charge on any atom is 0.412 e. The molecule has 1 saturated heterocycles. The van der Waals surface area contributed by atoms with Gasteiger partial charge in [-0.1, -0.05) is 0 Å². The first kappa shape index (κ1) is 11.4. The van der Waals surface area contributed by atoms with Crippen molar-refractivity contribution in [2.75, 3.05) is 18.4 Å². The lowest BCUT2D eigenvalue weighted by Crippen LogP contribution is -2.47. The molecule has 1 aromatic carbocycles. The molecule has 1 fully saturated rings. The van der Waals surface area contributed by atoms with Crippen molar-refractivity contribution < 1.29 is 18.3 Å². The van der Waals surface area contributed by atoms with Crippen molar-refractivity contribution in [2.24, 2.45) is 0 Å². The molecule has 2 aliphatic heterocycles. The van der Waals surface area contributed by atoms with Crippen molar-refractivity contribution in [2.45, 2.75) is 18.4 Å². The van der Waals surface area contributed by atoms with Gasteiger partial charge in [0.05, 0.1) is 5.69 Å². The van der Waals surface area contributed by atoms with Crippen molar-refractivity contribution in [3.8, 4) is 0 Å². The number of rotatable bonds is 0. The van der Waals surface area contributed by atoms with E-state index in [1.165, 1.54) is 0 Å². The molecule has 0 bridgehead atoms. The Hall–Kier alpha value is -1.69. The van der Waals surface area contributed by atoms with E-state index in [0.29, 0.717) is 37.2 Å². The third-order valence-corrected chi connectivity index (χ3v) is 3.49. The predicted molar refractivity (Wildman–Crippen MR) is 60.2 cm³/mol. The summed E-state index contributed by atoms with van der Waals surface area (Å²) in [4.78, 5) is 11.5. The van der Waals surface area contributed by atoms with Gasteiger partial charge in [0.15, 0.2) is 11.6 Å². The van der Waals surface area contributed by atoms with Crippen LogP contribution in [-0.4, -0.2) is 19.2 Å². The molecule has 2 heterocycles. The van der Waals surface area contributed by atoms with Crippen molar-refractivity contribution >= 4 is 11.8 Å². The average Bonchev–Trinajstić information content (AvgIpc) is 2.33. The number of halogens is 2. The molecule has 96 valence electrons. The van der Waals surface area contributed by atoms with E-state index >= 15 is 0 Å². The van der Waals surface area contributed by atoms with Gasteiger partial charge in [-0.25, -0.2) is 13.6 Å². The van der Waals surface area contributed by atoms with Gasteiger partial charge in [0.25, 0.3) is 0 Å². The van der Waals surface area contributed by atoms with Crippen molar-refractivity contribution in [1.82, 2.24) is 5.32 Å².